The van der Waals surface area contributed by atoms with E-state index >= 15 is 0 Å². The van der Waals surface area contributed by atoms with E-state index in [2.05, 4.69) is 22.0 Å². The van der Waals surface area contributed by atoms with Gasteiger partial charge in [0, 0.05) is 30.6 Å². The van der Waals surface area contributed by atoms with Crippen molar-refractivity contribution in [3.05, 3.63) is 72.7 Å². The molecule has 0 atom stereocenters. The van der Waals surface area contributed by atoms with E-state index in [1.807, 2.05) is 31.4 Å². The van der Waals surface area contributed by atoms with Crippen molar-refractivity contribution in [3.8, 4) is 11.3 Å². The van der Waals surface area contributed by atoms with Crippen LogP contribution < -0.4 is 5.32 Å². The third-order valence-electron chi connectivity index (χ3n) is 3.44. The fourth-order valence-corrected chi connectivity index (χ4v) is 2.24. The van der Waals surface area contributed by atoms with Crippen LogP contribution in [0.15, 0.2) is 61.6 Å². The quantitative estimate of drug-likeness (QED) is 0.804. The van der Waals surface area contributed by atoms with Crippen molar-refractivity contribution in [1.29, 1.82) is 0 Å². The molecule has 1 aromatic carbocycles. The highest BCUT2D eigenvalue weighted by atomic mass is 16.1. The summed E-state index contributed by atoms with van der Waals surface area (Å²) >= 11 is 0. The molecule has 0 saturated carbocycles. The maximum Gasteiger partial charge on any atom is 0.255 e. The maximum atomic E-state index is 12.4. The lowest BCUT2D eigenvalue weighted by Crippen LogP contribution is -2.12. The molecule has 5 nitrogen and oxygen atoms in total. The summed E-state index contributed by atoms with van der Waals surface area (Å²) in [7, 11) is 1.84. The molecule has 3 rings (SSSR count). The van der Waals surface area contributed by atoms with Gasteiger partial charge in [-0.1, -0.05) is 24.8 Å². The van der Waals surface area contributed by atoms with E-state index in [-0.39, 0.29) is 5.91 Å². The van der Waals surface area contributed by atoms with Gasteiger partial charge in [-0.25, -0.2) is 0 Å². The van der Waals surface area contributed by atoms with Crippen molar-refractivity contribution in [3.63, 3.8) is 0 Å². The Balaban J connectivity index is 1.87. The Labute approximate surface area is 134 Å². The third-order valence-corrected chi connectivity index (χ3v) is 3.44. The number of benzene rings is 1. The molecule has 0 aliphatic rings. The minimum atomic E-state index is -0.182. The zero-order valence-corrected chi connectivity index (χ0v) is 12.7. The highest BCUT2D eigenvalue weighted by Gasteiger charge is 2.12. The molecule has 0 aliphatic carbocycles. The van der Waals surface area contributed by atoms with Gasteiger partial charge in [0.05, 0.1) is 17.6 Å². The molecule has 114 valence electrons. The number of amides is 1. The van der Waals surface area contributed by atoms with Crippen LogP contribution in [0, 0.1) is 0 Å². The predicted octanol–water partition coefficient (Wildman–Crippen LogP) is 3.38. The fourth-order valence-electron chi connectivity index (χ4n) is 2.24. The third kappa shape index (κ3) is 3.18. The zero-order valence-electron chi connectivity index (χ0n) is 12.7. The summed E-state index contributed by atoms with van der Waals surface area (Å²) in [5, 5.41) is 7.05. The van der Waals surface area contributed by atoms with Gasteiger partial charge in [-0.3, -0.25) is 14.5 Å². The fraction of sp³-hybridized carbons (Fsp3) is 0.0556. The summed E-state index contributed by atoms with van der Waals surface area (Å²) in [4.78, 5) is 16.8. The summed E-state index contributed by atoms with van der Waals surface area (Å²) in [6.07, 6.45) is 7.01. The van der Waals surface area contributed by atoms with Crippen molar-refractivity contribution >= 4 is 17.7 Å². The Morgan fingerprint density at radius 2 is 2.04 bits per heavy atom. The number of nitrogens with zero attached hydrogens (tertiary/aromatic N) is 3. The number of aryl methyl sites for hydroxylation is 1. The predicted molar refractivity (Wildman–Crippen MR) is 90.9 cm³/mol. The smallest absolute Gasteiger partial charge is 0.255 e. The van der Waals surface area contributed by atoms with Crippen LogP contribution in [-0.2, 0) is 7.05 Å². The highest BCUT2D eigenvalue weighted by molar-refractivity contribution is 6.06. The second-order valence-corrected chi connectivity index (χ2v) is 5.08. The lowest BCUT2D eigenvalue weighted by molar-refractivity contribution is 0.102. The highest BCUT2D eigenvalue weighted by Crippen LogP contribution is 2.25. The van der Waals surface area contributed by atoms with Gasteiger partial charge < -0.3 is 5.32 Å². The summed E-state index contributed by atoms with van der Waals surface area (Å²) < 4.78 is 1.70. The van der Waals surface area contributed by atoms with Crippen LogP contribution >= 0.6 is 0 Å². The van der Waals surface area contributed by atoms with Crippen molar-refractivity contribution in [2.75, 3.05) is 5.32 Å². The van der Waals surface area contributed by atoms with E-state index in [0.717, 1.165) is 11.1 Å². The Kier molecular flexibility index (Phi) is 4.01. The molecule has 2 aromatic heterocycles. The number of hydrogen-bond acceptors (Lipinski definition) is 3. The molecule has 0 saturated heterocycles. The van der Waals surface area contributed by atoms with Gasteiger partial charge in [-0.2, -0.15) is 5.10 Å². The van der Waals surface area contributed by atoms with Gasteiger partial charge in [-0.05, 0) is 29.8 Å². The second kappa shape index (κ2) is 6.27. The lowest BCUT2D eigenvalue weighted by atomic mass is 10.1. The van der Waals surface area contributed by atoms with E-state index < -0.39 is 0 Å². The van der Waals surface area contributed by atoms with Crippen molar-refractivity contribution in [2.45, 2.75) is 0 Å². The number of pyridine rings is 1. The Bertz CT molecular complexity index is 849. The van der Waals surface area contributed by atoms with Gasteiger partial charge in [0.15, 0.2) is 0 Å². The topological polar surface area (TPSA) is 59.8 Å². The molecule has 0 bridgehead atoms. The van der Waals surface area contributed by atoms with Gasteiger partial charge >= 0.3 is 0 Å². The molecule has 1 N–H and O–H groups in total. The summed E-state index contributed by atoms with van der Waals surface area (Å²) in [5.41, 5.74) is 3.75. The summed E-state index contributed by atoms with van der Waals surface area (Å²) in [5.74, 6) is -0.182. The first kappa shape index (κ1) is 14.7. The first-order valence-electron chi connectivity index (χ1n) is 7.15. The van der Waals surface area contributed by atoms with E-state index in [1.54, 1.807) is 41.4 Å². The normalized spacial score (nSPS) is 10.3. The van der Waals surface area contributed by atoms with Crippen LogP contribution in [0.1, 0.15) is 15.9 Å². The van der Waals surface area contributed by atoms with Crippen LogP contribution in [0.25, 0.3) is 17.3 Å². The zero-order chi connectivity index (χ0) is 16.2. The number of nitrogens with one attached hydrogen (secondary N) is 1. The molecule has 0 spiro atoms. The second-order valence-electron chi connectivity index (χ2n) is 5.08. The molecule has 0 unspecified atom stereocenters. The molecule has 0 aliphatic heterocycles. The molecule has 3 aromatic rings. The minimum Gasteiger partial charge on any atom is -0.320 e. The SMILES string of the molecule is C=Cc1ccc(C(=O)Nc2cccnc2-c2cnn(C)c2)cc1. The Morgan fingerprint density at radius 3 is 2.70 bits per heavy atom. The largest absolute Gasteiger partial charge is 0.320 e. The van der Waals surface area contributed by atoms with Crippen molar-refractivity contribution in [1.82, 2.24) is 14.8 Å². The molecule has 0 radical (unpaired) electrons. The van der Waals surface area contributed by atoms with Crippen molar-refractivity contribution in [2.24, 2.45) is 7.05 Å². The number of aromatic nitrogens is 3. The van der Waals surface area contributed by atoms with Crippen LogP contribution in [0.3, 0.4) is 0 Å². The van der Waals surface area contributed by atoms with Gasteiger partial charge in [0.2, 0.25) is 0 Å². The van der Waals surface area contributed by atoms with Crippen molar-refractivity contribution < 1.29 is 4.79 Å². The Hall–Kier alpha value is -3.21. The number of hydrogen-bond donors (Lipinski definition) is 1. The molecular formula is C18H16N4O. The summed E-state index contributed by atoms with van der Waals surface area (Å²) in [6.45, 7) is 3.70. The van der Waals surface area contributed by atoms with Crippen LogP contribution in [0.5, 0.6) is 0 Å². The van der Waals surface area contributed by atoms with E-state index in [0.29, 0.717) is 16.9 Å². The van der Waals surface area contributed by atoms with Gasteiger partial charge in [0.1, 0.15) is 0 Å². The molecule has 2 heterocycles. The average Bonchev–Trinajstić information content (AvgIpc) is 3.01. The standard InChI is InChI=1S/C18H16N4O/c1-3-13-6-8-14(9-7-13)18(23)21-16-5-4-10-19-17(16)15-11-20-22(2)12-15/h3-12H,1H2,2H3,(H,21,23). The molecule has 0 fully saturated rings. The molecule has 23 heavy (non-hydrogen) atoms. The number of carbonyl (C=O) groups is 1. The molecule has 5 heteroatoms. The maximum absolute atomic E-state index is 12.4. The van der Waals surface area contributed by atoms with Crippen LogP contribution in [0.2, 0.25) is 0 Å². The number of anilines is 1. The number of rotatable bonds is 4. The number of carbonyl (C=O) groups excluding carboxylic acids is 1. The Morgan fingerprint density at radius 1 is 1.26 bits per heavy atom. The van der Waals surface area contributed by atoms with Crippen LogP contribution in [0.4, 0.5) is 5.69 Å². The summed E-state index contributed by atoms with van der Waals surface area (Å²) in [6, 6.07) is 10.9. The minimum absolute atomic E-state index is 0.182. The monoisotopic (exact) mass is 304 g/mol. The average molecular weight is 304 g/mol. The van der Waals surface area contributed by atoms with Gasteiger partial charge in [-0.15, -0.1) is 0 Å². The van der Waals surface area contributed by atoms with Crippen LogP contribution in [-0.4, -0.2) is 20.7 Å². The van der Waals surface area contributed by atoms with E-state index in [1.165, 1.54) is 0 Å². The van der Waals surface area contributed by atoms with E-state index in [4.69, 9.17) is 0 Å². The van der Waals surface area contributed by atoms with Gasteiger partial charge in [0.25, 0.3) is 5.91 Å². The van der Waals surface area contributed by atoms with E-state index in [9.17, 15) is 4.79 Å². The first-order chi connectivity index (χ1) is 11.2. The molecular weight excluding hydrogens is 288 g/mol. The molecule has 1 amide bonds. The lowest BCUT2D eigenvalue weighted by Gasteiger charge is -2.09. The first-order valence-corrected chi connectivity index (χ1v) is 7.15.